The van der Waals surface area contributed by atoms with Gasteiger partial charge in [-0.25, -0.2) is 13.2 Å². The molecule has 4 rings (SSSR count). The smallest absolute Gasteiger partial charge is 0.306 e. The van der Waals surface area contributed by atoms with Crippen molar-refractivity contribution in [2.75, 3.05) is 5.88 Å². The first-order valence-electron chi connectivity index (χ1n) is 12.2. The fraction of sp³-hybridized carbons (Fsp3) is 0.731. The van der Waals surface area contributed by atoms with Gasteiger partial charge in [0.25, 0.3) is 0 Å². The first kappa shape index (κ1) is 26.4. The van der Waals surface area contributed by atoms with Crippen LogP contribution in [0.15, 0.2) is 23.6 Å². The highest BCUT2D eigenvalue weighted by molar-refractivity contribution is 6.29. The molecule has 1 N–H and O–H groups in total. The van der Waals surface area contributed by atoms with Crippen LogP contribution in [-0.2, 0) is 19.1 Å². The molecule has 3 fully saturated rings. The summed E-state index contributed by atoms with van der Waals surface area (Å²) in [5, 5.41) is 11.4. The quantitative estimate of drug-likeness (QED) is 0.422. The SMILES string of the molecule is CCCC(=O)O[C@@]1(C(=O)CCl)[C@@H](C)C[C@H]2[C@@H]3C[C@H](F)C4=C(F)C(=O)C=C[C@]4(C)[C@@]3(F)[C@@H](O)C[C@@]21C. The van der Waals surface area contributed by atoms with E-state index < -0.39 is 93.4 Å². The van der Waals surface area contributed by atoms with Gasteiger partial charge in [-0.2, -0.15) is 0 Å². The highest BCUT2D eigenvalue weighted by atomic mass is 35.5. The molecular weight excluding hydrogens is 485 g/mol. The Hall–Kier alpha value is -1.67. The number of hydrogen-bond acceptors (Lipinski definition) is 5. The van der Waals surface area contributed by atoms with Crippen LogP contribution in [0.2, 0.25) is 0 Å². The standard InChI is InChI=1S/C26H32ClF3O5/c1-5-6-20(34)35-26(19(33)12-27)13(2)9-14-15-10-16(28)21-22(29)17(31)7-8-23(21,3)25(15,30)18(32)11-24(14,26)4/h7-8,13-16,18,32H,5-6,9-12H2,1-4H3/t13-,14-,15-,16-,18-,23-,24-,25-,26+/m0/s1. The summed E-state index contributed by atoms with van der Waals surface area (Å²) in [6.45, 7) is 6.50. The lowest BCUT2D eigenvalue weighted by Gasteiger charge is -2.63. The number of rotatable bonds is 5. The van der Waals surface area contributed by atoms with Gasteiger partial charge in [-0.1, -0.05) is 26.8 Å². The molecule has 0 aromatic heterocycles. The molecule has 0 amide bonds. The molecule has 35 heavy (non-hydrogen) atoms. The first-order valence-corrected chi connectivity index (χ1v) is 12.8. The van der Waals surface area contributed by atoms with Crippen molar-refractivity contribution in [1.29, 1.82) is 0 Å². The molecule has 4 aliphatic carbocycles. The van der Waals surface area contributed by atoms with Crippen molar-refractivity contribution in [2.45, 2.75) is 83.3 Å². The zero-order valence-electron chi connectivity index (χ0n) is 20.4. The van der Waals surface area contributed by atoms with Crippen molar-refractivity contribution in [3.8, 4) is 0 Å². The number of ketones is 2. The van der Waals surface area contributed by atoms with E-state index in [2.05, 4.69) is 0 Å². The van der Waals surface area contributed by atoms with Crippen LogP contribution < -0.4 is 0 Å². The molecule has 0 bridgehead atoms. The van der Waals surface area contributed by atoms with Gasteiger partial charge >= 0.3 is 5.97 Å². The van der Waals surface area contributed by atoms with Gasteiger partial charge in [0, 0.05) is 34.7 Å². The van der Waals surface area contributed by atoms with E-state index in [1.54, 1.807) is 20.8 Å². The van der Waals surface area contributed by atoms with Crippen LogP contribution in [0.5, 0.6) is 0 Å². The van der Waals surface area contributed by atoms with Crippen molar-refractivity contribution in [2.24, 2.45) is 28.6 Å². The second-order valence-electron chi connectivity index (χ2n) is 11.1. The fourth-order valence-electron chi connectivity index (χ4n) is 8.02. The third-order valence-electron chi connectivity index (χ3n) is 9.51. The Bertz CT molecular complexity index is 1030. The number of allylic oxidation sites excluding steroid dienone is 4. The molecule has 0 aromatic carbocycles. The molecule has 0 heterocycles. The zero-order chi connectivity index (χ0) is 26.1. The molecule has 0 unspecified atom stereocenters. The molecule has 0 radical (unpaired) electrons. The maximum atomic E-state index is 17.3. The van der Waals surface area contributed by atoms with Crippen LogP contribution in [-0.4, -0.2) is 52.1 Å². The number of aliphatic hydroxyl groups excluding tert-OH is 1. The summed E-state index contributed by atoms with van der Waals surface area (Å²) in [5.41, 5.74) is -7.91. The first-order chi connectivity index (χ1) is 16.3. The van der Waals surface area contributed by atoms with Gasteiger partial charge in [0.2, 0.25) is 5.78 Å². The van der Waals surface area contributed by atoms with Crippen LogP contribution in [0.4, 0.5) is 13.2 Å². The molecule has 3 saturated carbocycles. The van der Waals surface area contributed by atoms with Crippen LogP contribution in [0.3, 0.4) is 0 Å². The van der Waals surface area contributed by atoms with E-state index in [0.29, 0.717) is 6.42 Å². The molecule has 0 spiro atoms. The second-order valence-corrected chi connectivity index (χ2v) is 11.4. The number of esters is 1. The van der Waals surface area contributed by atoms with E-state index in [0.717, 1.165) is 12.2 Å². The molecule has 9 atom stereocenters. The molecule has 4 aliphatic rings. The average Bonchev–Trinajstić information content (AvgIpc) is 3.00. The number of halogens is 4. The number of fused-ring (bicyclic) bond motifs is 5. The summed E-state index contributed by atoms with van der Waals surface area (Å²) in [6.07, 6.45) is -1.59. The normalized spacial score (nSPS) is 46.7. The summed E-state index contributed by atoms with van der Waals surface area (Å²) < 4.78 is 53.6. The predicted octanol–water partition coefficient (Wildman–Crippen LogP) is 4.74. The van der Waals surface area contributed by atoms with E-state index >= 15 is 8.78 Å². The van der Waals surface area contributed by atoms with Gasteiger partial charge < -0.3 is 9.84 Å². The zero-order valence-corrected chi connectivity index (χ0v) is 21.1. The van der Waals surface area contributed by atoms with Gasteiger partial charge in [-0.05, 0) is 44.6 Å². The maximum Gasteiger partial charge on any atom is 0.306 e. The molecule has 194 valence electrons. The van der Waals surface area contributed by atoms with Gasteiger partial charge in [-0.15, -0.1) is 11.6 Å². The second kappa shape index (κ2) is 8.44. The summed E-state index contributed by atoms with van der Waals surface area (Å²) in [4.78, 5) is 38.0. The lowest BCUT2D eigenvalue weighted by Crippen LogP contribution is -2.71. The van der Waals surface area contributed by atoms with Crippen LogP contribution in [0.25, 0.3) is 0 Å². The van der Waals surface area contributed by atoms with Gasteiger partial charge in [0.05, 0.1) is 12.0 Å². The summed E-state index contributed by atoms with van der Waals surface area (Å²) in [6, 6.07) is 0. The third-order valence-corrected chi connectivity index (χ3v) is 9.75. The van der Waals surface area contributed by atoms with Crippen LogP contribution in [0.1, 0.15) is 59.8 Å². The minimum atomic E-state index is -2.50. The number of Topliss-reactive ketones (excluding diaryl/α,β-unsaturated/α-hetero) is 1. The molecule has 9 heteroatoms. The number of ether oxygens (including phenoxy) is 1. The monoisotopic (exact) mass is 516 g/mol. The highest BCUT2D eigenvalue weighted by Gasteiger charge is 2.78. The summed E-state index contributed by atoms with van der Waals surface area (Å²) in [7, 11) is 0. The Morgan fingerprint density at radius 3 is 2.51 bits per heavy atom. The fourth-order valence-corrected chi connectivity index (χ4v) is 8.22. The minimum absolute atomic E-state index is 0.0701. The Labute approximate surface area is 208 Å². The third kappa shape index (κ3) is 3.14. The van der Waals surface area contributed by atoms with Gasteiger partial charge in [-0.3, -0.25) is 14.4 Å². The van der Waals surface area contributed by atoms with Crippen molar-refractivity contribution in [3.05, 3.63) is 23.6 Å². The number of hydrogen-bond donors (Lipinski definition) is 1. The topological polar surface area (TPSA) is 80.7 Å². The lowest BCUT2D eigenvalue weighted by atomic mass is 9.44. The van der Waals surface area contributed by atoms with E-state index in [-0.39, 0.29) is 19.3 Å². The summed E-state index contributed by atoms with van der Waals surface area (Å²) in [5.74, 6) is -6.28. The molecule has 5 nitrogen and oxygen atoms in total. The van der Waals surface area contributed by atoms with E-state index in [4.69, 9.17) is 16.3 Å². The predicted molar refractivity (Wildman–Crippen MR) is 123 cm³/mol. The van der Waals surface area contributed by atoms with Gasteiger partial charge in [0.15, 0.2) is 22.9 Å². The minimum Gasteiger partial charge on any atom is -0.450 e. The van der Waals surface area contributed by atoms with Crippen LogP contribution in [0, 0.1) is 28.6 Å². The highest BCUT2D eigenvalue weighted by Crippen LogP contribution is 2.72. The average molecular weight is 517 g/mol. The number of alkyl halides is 3. The number of carbonyl (C=O) groups is 3. The van der Waals surface area contributed by atoms with Crippen molar-refractivity contribution >= 4 is 29.1 Å². The molecule has 0 aliphatic heterocycles. The van der Waals surface area contributed by atoms with Gasteiger partial charge in [0.1, 0.15) is 6.17 Å². The Balaban J connectivity index is 1.88. The lowest BCUT2D eigenvalue weighted by molar-refractivity contribution is -0.230. The largest absolute Gasteiger partial charge is 0.450 e. The Morgan fingerprint density at radius 2 is 1.91 bits per heavy atom. The number of carbonyl (C=O) groups excluding carboxylic acids is 3. The molecule has 0 aromatic rings. The molecule has 0 saturated heterocycles. The number of aliphatic hydroxyl groups is 1. The van der Waals surface area contributed by atoms with E-state index in [1.165, 1.54) is 6.92 Å². The van der Waals surface area contributed by atoms with Crippen LogP contribution >= 0.6 is 11.6 Å². The summed E-state index contributed by atoms with van der Waals surface area (Å²) >= 11 is 5.98. The Kier molecular flexibility index (Phi) is 6.36. The van der Waals surface area contributed by atoms with Crippen molar-refractivity contribution in [3.63, 3.8) is 0 Å². The van der Waals surface area contributed by atoms with Crippen molar-refractivity contribution < 1.29 is 37.4 Å². The maximum absolute atomic E-state index is 17.3. The van der Waals surface area contributed by atoms with E-state index in [9.17, 15) is 23.9 Å². The van der Waals surface area contributed by atoms with Crippen molar-refractivity contribution in [1.82, 2.24) is 0 Å². The molecular formula is C26H32ClF3O5. The van der Waals surface area contributed by atoms with E-state index in [1.807, 2.05) is 0 Å². The Morgan fingerprint density at radius 1 is 1.26 bits per heavy atom.